The molecule has 0 atom stereocenters. The van der Waals surface area contributed by atoms with Gasteiger partial charge in [0.25, 0.3) is 10.0 Å². The number of fused-ring (bicyclic) bond motifs is 1. The maximum Gasteiger partial charge on any atom is 0.264 e. The Kier molecular flexibility index (Phi) is 4.00. The number of nitrogen functional groups attached to an aromatic ring is 1. The number of aromatic nitrogens is 1. The minimum absolute atomic E-state index is 0.361. The molecule has 1 aromatic heterocycles. The SMILES string of the molecule is Cc1ccccc1S(=O)(=O)N1CCc2cc(-c3nc(N)sc3C)ccc21. The van der Waals surface area contributed by atoms with Crippen LogP contribution in [0, 0.1) is 13.8 Å². The van der Waals surface area contributed by atoms with Crippen LogP contribution in [0.4, 0.5) is 10.8 Å². The lowest BCUT2D eigenvalue weighted by Crippen LogP contribution is -2.29. The number of benzene rings is 2. The molecule has 4 rings (SSSR count). The average molecular weight is 386 g/mol. The standard InChI is InChI=1S/C19H19N3O2S2/c1-12-5-3-4-6-17(12)26(23,24)22-10-9-14-11-15(7-8-16(14)22)18-13(2)25-19(20)21-18/h3-8,11H,9-10H2,1-2H3,(H2,20,21). The number of rotatable bonds is 3. The van der Waals surface area contributed by atoms with Gasteiger partial charge in [-0.2, -0.15) is 0 Å². The summed E-state index contributed by atoms with van der Waals surface area (Å²) < 4.78 is 27.8. The molecule has 2 aromatic carbocycles. The lowest BCUT2D eigenvalue weighted by molar-refractivity contribution is 0.591. The molecule has 0 saturated carbocycles. The monoisotopic (exact) mass is 385 g/mol. The van der Waals surface area contributed by atoms with Crippen LogP contribution >= 0.6 is 11.3 Å². The molecule has 0 fully saturated rings. The van der Waals surface area contributed by atoms with Gasteiger partial charge < -0.3 is 5.73 Å². The van der Waals surface area contributed by atoms with E-state index < -0.39 is 10.0 Å². The summed E-state index contributed by atoms with van der Waals surface area (Å²) in [5.74, 6) is 0. The molecule has 2 N–H and O–H groups in total. The van der Waals surface area contributed by atoms with Crippen LogP contribution in [0.25, 0.3) is 11.3 Å². The Hall–Kier alpha value is -2.38. The first kappa shape index (κ1) is 17.1. The van der Waals surface area contributed by atoms with E-state index in [1.54, 1.807) is 12.1 Å². The highest BCUT2D eigenvalue weighted by molar-refractivity contribution is 7.93. The molecular weight excluding hydrogens is 366 g/mol. The van der Waals surface area contributed by atoms with Gasteiger partial charge >= 0.3 is 0 Å². The van der Waals surface area contributed by atoms with Crippen molar-refractivity contribution < 1.29 is 8.42 Å². The number of hydrogen-bond acceptors (Lipinski definition) is 5. The molecule has 134 valence electrons. The summed E-state index contributed by atoms with van der Waals surface area (Å²) in [7, 11) is -3.56. The van der Waals surface area contributed by atoms with E-state index in [0.717, 1.165) is 32.9 Å². The molecule has 5 nitrogen and oxygen atoms in total. The third-order valence-corrected chi connectivity index (χ3v) is 7.45. The quantitative estimate of drug-likeness (QED) is 0.745. The summed E-state index contributed by atoms with van der Waals surface area (Å²) in [6.45, 7) is 4.27. The van der Waals surface area contributed by atoms with Gasteiger partial charge in [0.2, 0.25) is 0 Å². The number of nitrogens with zero attached hydrogens (tertiary/aromatic N) is 2. The van der Waals surface area contributed by atoms with E-state index in [9.17, 15) is 8.42 Å². The molecule has 3 aromatic rings. The Morgan fingerprint density at radius 1 is 1.15 bits per heavy atom. The molecule has 26 heavy (non-hydrogen) atoms. The Bertz CT molecular complexity index is 1100. The highest BCUT2D eigenvalue weighted by Crippen LogP contribution is 2.37. The average Bonchev–Trinajstić information content (AvgIpc) is 3.17. The van der Waals surface area contributed by atoms with Crippen LogP contribution in [0.5, 0.6) is 0 Å². The lowest BCUT2D eigenvalue weighted by Gasteiger charge is -2.21. The zero-order valence-electron chi connectivity index (χ0n) is 14.6. The minimum atomic E-state index is -3.56. The maximum absolute atomic E-state index is 13.1. The van der Waals surface area contributed by atoms with Gasteiger partial charge in [-0.3, -0.25) is 4.31 Å². The first-order valence-corrected chi connectivity index (χ1v) is 10.6. The third kappa shape index (κ3) is 2.68. The van der Waals surface area contributed by atoms with Crippen LogP contribution in [-0.4, -0.2) is 19.9 Å². The number of nitrogens with two attached hydrogens (primary N) is 1. The maximum atomic E-state index is 13.1. The van der Waals surface area contributed by atoms with Crippen molar-refractivity contribution in [3.05, 3.63) is 58.5 Å². The van der Waals surface area contributed by atoms with E-state index in [4.69, 9.17) is 5.73 Å². The zero-order valence-corrected chi connectivity index (χ0v) is 16.2. The fourth-order valence-electron chi connectivity index (χ4n) is 3.42. The first-order chi connectivity index (χ1) is 12.4. The highest BCUT2D eigenvalue weighted by atomic mass is 32.2. The summed E-state index contributed by atoms with van der Waals surface area (Å²) in [6.07, 6.45) is 0.687. The largest absolute Gasteiger partial charge is 0.375 e. The van der Waals surface area contributed by atoms with Gasteiger partial charge in [-0.1, -0.05) is 24.3 Å². The fourth-order valence-corrected chi connectivity index (χ4v) is 5.86. The van der Waals surface area contributed by atoms with Gasteiger partial charge in [0.15, 0.2) is 5.13 Å². The number of sulfonamides is 1. The molecule has 0 spiro atoms. The van der Waals surface area contributed by atoms with Gasteiger partial charge in [0, 0.05) is 17.0 Å². The summed E-state index contributed by atoms with van der Waals surface area (Å²) >= 11 is 1.46. The van der Waals surface area contributed by atoms with E-state index in [1.807, 2.05) is 44.2 Å². The number of hydrogen-bond donors (Lipinski definition) is 1. The van der Waals surface area contributed by atoms with Crippen LogP contribution in [-0.2, 0) is 16.4 Å². The Labute approximate surface area is 157 Å². The number of thiazole rings is 1. The molecule has 1 aliphatic rings. The Morgan fingerprint density at radius 3 is 2.62 bits per heavy atom. The van der Waals surface area contributed by atoms with Crippen molar-refractivity contribution in [2.45, 2.75) is 25.2 Å². The van der Waals surface area contributed by atoms with Gasteiger partial charge in [-0.15, -0.1) is 11.3 Å². The van der Waals surface area contributed by atoms with E-state index in [0.29, 0.717) is 23.0 Å². The van der Waals surface area contributed by atoms with Crippen molar-refractivity contribution in [1.29, 1.82) is 0 Å². The van der Waals surface area contributed by atoms with E-state index >= 15 is 0 Å². The fraction of sp³-hybridized carbons (Fsp3) is 0.211. The Balaban J connectivity index is 1.75. The van der Waals surface area contributed by atoms with Gasteiger partial charge in [-0.05, 0) is 49.6 Å². The van der Waals surface area contributed by atoms with Crippen molar-refractivity contribution in [2.75, 3.05) is 16.6 Å². The predicted octanol–water partition coefficient (Wildman–Crippen LogP) is 3.76. The van der Waals surface area contributed by atoms with Crippen LogP contribution < -0.4 is 10.0 Å². The summed E-state index contributed by atoms with van der Waals surface area (Å²) in [6, 6.07) is 12.9. The topological polar surface area (TPSA) is 76.3 Å². The predicted molar refractivity (Wildman–Crippen MR) is 106 cm³/mol. The molecule has 1 aliphatic heterocycles. The summed E-state index contributed by atoms with van der Waals surface area (Å²) in [5.41, 5.74) is 10.2. The highest BCUT2D eigenvalue weighted by Gasteiger charge is 2.32. The lowest BCUT2D eigenvalue weighted by atomic mass is 10.1. The van der Waals surface area contributed by atoms with Crippen molar-refractivity contribution in [3.8, 4) is 11.3 Å². The van der Waals surface area contributed by atoms with Crippen molar-refractivity contribution in [3.63, 3.8) is 0 Å². The molecule has 0 unspecified atom stereocenters. The van der Waals surface area contributed by atoms with Crippen molar-refractivity contribution >= 4 is 32.2 Å². The van der Waals surface area contributed by atoms with Crippen molar-refractivity contribution in [2.24, 2.45) is 0 Å². The number of aryl methyl sites for hydroxylation is 2. The molecule has 2 heterocycles. The second kappa shape index (κ2) is 6.10. The van der Waals surface area contributed by atoms with Gasteiger partial charge in [0.05, 0.1) is 16.3 Å². The van der Waals surface area contributed by atoms with Crippen LogP contribution in [0.2, 0.25) is 0 Å². The normalized spacial score (nSPS) is 13.8. The molecule has 0 aliphatic carbocycles. The summed E-state index contributed by atoms with van der Waals surface area (Å²) in [4.78, 5) is 5.82. The van der Waals surface area contributed by atoms with E-state index in [1.165, 1.54) is 15.6 Å². The molecule has 0 amide bonds. The van der Waals surface area contributed by atoms with Crippen molar-refractivity contribution in [1.82, 2.24) is 4.98 Å². The molecule has 7 heteroatoms. The van der Waals surface area contributed by atoms with Crippen LogP contribution in [0.15, 0.2) is 47.4 Å². The smallest absolute Gasteiger partial charge is 0.264 e. The summed E-state index contributed by atoms with van der Waals surface area (Å²) in [5, 5.41) is 0.543. The molecule has 0 bridgehead atoms. The third-order valence-electron chi connectivity index (χ3n) is 4.68. The van der Waals surface area contributed by atoms with Gasteiger partial charge in [0.1, 0.15) is 0 Å². The van der Waals surface area contributed by atoms with Gasteiger partial charge in [-0.25, -0.2) is 13.4 Å². The van der Waals surface area contributed by atoms with E-state index in [-0.39, 0.29) is 0 Å². The van der Waals surface area contributed by atoms with Crippen LogP contribution in [0.3, 0.4) is 0 Å². The first-order valence-electron chi connectivity index (χ1n) is 8.32. The minimum Gasteiger partial charge on any atom is -0.375 e. The van der Waals surface area contributed by atoms with E-state index in [2.05, 4.69) is 4.98 Å². The Morgan fingerprint density at radius 2 is 1.92 bits per heavy atom. The second-order valence-electron chi connectivity index (χ2n) is 6.39. The molecule has 0 saturated heterocycles. The van der Waals surface area contributed by atoms with Crippen LogP contribution in [0.1, 0.15) is 16.0 Å². The molecular formula is C19H19N3O2S2. The molecule has 0 radical (unpaired) electrons. The number of anilines is 2. The zero-order chi connectivity index (χ0) is 18.5. The second-order valence-corrected chi connectivity index (χ2v) is 9.46.